The molecule has 0 aliphatic rings. The van der Waals surface area contributed by atoms with Gasteiger partial charge in [-0.3, -0.25) is 9.13 Å². The second-order valence-corrected chi connectivity index (χ2v) is 8.26. The van der Waals surface area contributed by atoms with Gasteiger partial charge in [-0.25, -0.2) is 4.79 Å². The number of allylic oxidation sites excluding steroid dienone is 2. The molecule has 0 radical (unpaired) electrons. The van der Waals surface area contributed by atoms with E-state index in [9.17, 15) is 4.79 Å². The SMILES string of the molecule is C=CC(Cl)n1c(=O)n(C(Cl)C=C)c2c(Br)c(Br)c(Br)c(Br)c21. The molecule has 0 aliphatic carbocycles. The number of imidazole rings is 1. The van der Waals surface area contributed by atoms with E-state index in [-0.39, 0.29) is 5.69 Å². The van der Waals surface area contributed by atoms with Crippen molar-refractivity contribution in [1.82, 2.24) is 9.13 Å². The summed E-state index contributed by atoms with van der Waals surface area (Å²) >= 11 is 26.5. The number of rotatable bonds is 4. The van der Waals surface area contributed by atoms with Crippen molar-refractivity contribution >= 4 is 98.0 Å². The summed E-state index contributed by atoms with van der Waals surface area (Å²) in [5.41, 5.74) is -0.609. The molecule has 3 nitrogen and oxygen atoms in total. The molecule has 22 heavy (non-hydrogen) atoms. The highest BCUT2D eigenvalue weighted by molar-refractivity contribution is 9.15. The van der Waals surface area contributed by atoms with Crippen LogP contribution < -0.4 is 5.69 Å². The fraction of sp³-hybridized carbons (Fsp3) is 0.154. The van der Waals surface area contributed by atoms with Crippen molar-refractivity contribution in [1.29, 1.82) is 0 Å². The summed E-state index contributed by atoms with van der Waals surface area (Å²) in [4.78, 5) is 12.8. The van der Waals surface area contributed by atoms with Gasteiger partial charge in [0.05, 0.1) is 20.0 Å². The second-order valence-electron chi connectivity index (χ2n) is 4.19. The summed E-state index contributed by atoms with van der Waals surface area (Å²) in [5.74, 6) is 0. The predicted octanol–water partition coefficient (Wildman–Crippen LogP) is 6.70. The van der Waals surface area contributed by atoms with Gasteiger partial charge < -0.3 is 0 Å². The maximum atomic E-state index is 12.8. The first kappa shape index (κ1) is 18.8. The third kappa shape index (κ3) is 2.82. The van der Waals surface area contributed by atoms with Crippen molar-refractivity contribution < 1.29 is 0 Å². The van der Waals surface area contributed by atoms with Gasteiger partial charge in [0, 0.05) is 8.95 Å². The fourth-order valence-corrected chi connectivity index (χ4v) is 4.84. The van der Waals surface area contributed by atoms with E-state index in [0.717, 1.165) is 8.95 Å². The lowest BCUT2D eigenvalue weighted by Gasteiger charge is -2.11. The third-order valence-electron chi connectivity index (χ3n) is 2.99. The van der Waals surface area contributed by atoms with Crippen LogP contribution in [0, 0.1) is 0 Å². The molecule has 2 atom stereocenters. The zero-order valence-corrected chi connectivity index (χ0v) is 18.6. The van der Waals surface area contributed by atoms with Crippen LogP contribution in [-0.4, -0.2) is 9.13 Å². The minimum Gasteiger partial charge on any atom is -0.270 e. The number of hydrogen-bond acceptors (Lipinski definition) is 1. The Balaban J connectivity index is 3.17. The normalized spacial score (nSPS) is 14.1. The van der Waals surface area contributed by atoms with Gasteiger partial charge in [-0.15, -0.1) is 0 Å². The van der Waals surface area contributed by atoms with E-state index in [1.165, 1.54) is 21.3 Å². The summed E-state index contributed by atoms with van der Waals surface area (Å²) < 4.78 is 5.66. The topological polar surface area (TPSA) is 26.9 Å². The molecule has 0 amide bonds. The van der Waals surface area contributed by atoms with Crippen LogP contribution in [0.15, 0.2) is 48.0 Å². The molecule has 2 rings (SSSR count). The van der Waals surface area contributed by atoms with Crippen molar-refractivity contribution in [3.8, 4) is 0 Å². The number of halogens is 6. The number of benzene rings is 1. The first-order valence-corrected chi connectivity index (χ1v) is 9.84. The van der Waals surface area contributed by atoms with Crippen LogP contribution in [0.5, 0.6) is 0 Å². The molecule has 0 fully saturated rings. The smallest absolute Gasteiger partial charge is 0.270 e. The van der Waals surface area contributed by atoms with Crippen molar-refractivity contribution in [3.05, 3.63) is 53.7 Å². The summed E-state index contributed by atoms with van der Waals surface area (Å²) in [7, 11) is 0. The van der Waals surface area contributed by atoms with Crippen molar-refractivity contribution in [2.24, 2.45) is 0 Å². The molecule has 9 heteroatoms. The predicted molar refractivity (Wildman–Crippen MR) is 107 cm³/mol. The number of nitrogens with zero attached hydrogens (tertiary/aromatic N) is 2. The van der Waals surface area contributed by atoms with E-state index in [0.29, 0.717) is 20.0 Å². The lowest BCUT2D eigenvalue weighted by Crippen LogP contribution is -2.26. The van der Waals surface area contributed by atoms with Crippen molar-refractivity contribution in [3.63, 3.8) is 0 Å². The lowest BCUT2D eigenvalue weighted by atomic mass is 10.3. The standard InChI is InChI=1S/C13H8Br4Cl2N2O/c1-3-5(18)20-11-9(16)7(14)8(15)10(17)12(11)21(13(20)22)6(19)4-2/h3-6H,1-2H2. The highest BCUT2D eigenvalue weighted by atomic mass is 79.9. The van der Waals surface area contributed by atoms with Gasteiger partial charge in [0.25, 0.3) is 0 Å². The molecule has 0 spiro atoms. The van der Waals surface area contributed by atoms with Crippen molar-refractivity contribution in [2.75, 3.05) is 0 Å². The van der Waals surface area contributed by atoms with Crippen LogP contribution in [0.3, 0.4) is 0 Å². The minimum atomic E-state index is -0.721. The maximum absolute atomic E-state index is 12.8. The highest BCUT2D eigenvalue weighted by Gasteiger charge is 2.27. The van der Waals surface area contributed by atoms with E-state index < -0.39 is 11.0 Å². The molecule has 1 aromatic heterocycles. The summed E-state index contributed by atoms with van der Waals surface area (Å²) in [6.45, 7) is 7.30. The quantitative estimate of drug-likeness (QED) is 0.167. The number of alkyl halides is 2. The molecule has 2 unspecified atom stereocenters. The Morgan fingerprint density at radius 3 is 1.41 bits per heavy atom. The van der Waals surface area contributed by atoms with Gasteiger partial charge in [-0.1, -0.05) is 48.5 Å². The molecule has 0 saturated heterocycles. The molecule has 0 bridgehead atoms. The summed E-state index contributed by atoms with van der Waals surface area (Å²) in [6, 6.07) is 0. The summed E-state index contributed by atoms with van der Waals surface area (Å²) in [5, 5.41) is 0. The zero-order valence-electron chi connectivity index (χ0n) is 10.8. The second kappa shape index (κ2) is 7.15. The highest BCUT2D eigenvalue weighted by Crippen LogP contribution is 2.44. The van der Waals surface area contributed by atoms with Crippen LogP contribution >= 0.6 is 86.9 Å². The molecule has 2 aromatic rings. The van der Waals surface area contributed by atoms with Crippen LogP contribution in [0.2, 0.25) is 0 Å². The molecule has 0 N–H and O–H groups in total. The largest absolute Gasteiger partial charge is 0.332 e. The Morgan fingerprint density at radius 2 is 1.14 bits per heavy atom. The van der Waals surface area contributed by atoms with E-state index >= 15 is 0 Å². The Bertz CT molecular complexity index is 777. The zero-order chi connectivity index (χ0) is 16.8. The molecular weight excluding hydrogens is 591 g/mol. The monoisotopic (exact) mass is 594 g/mol. The first-order valence-electron chi connectivity index (χ1n) is 5.79. The number of fused-ring (bicyclic) bond motifs is 1. The Kier molecular flexibility index (Phi) is 6.11. The summed E-state index contributed by atoms with van der Waals surface area (Å²) in [6.07, 6.45) is 2.94. The Hall–Kier alpha value is 0.470. The number of hydrogen-bond donors (Lipinski definition) is 0. The van der Waals surface area contributed by atoms with Crippen LogP contribution in [0.4, 0.5) is 0 Å². The van der Waals surface area contributed by atoms with Gasteiger partial charge in [-0.05, 0) is 63.7 Å². The molecular formula is C13H8Br4Cl2N2O. The van der Waals surface area contributed by atoms with Crippen LogP contribution in [-0.2, 0) is 0 Å². The maximum Gasteiger partial charge on any atom is 0.332 e. The van der Waals surface area contributed by atoms with Gasteiger partial charge in [-0.2, -0.15) is 0 Å². The number of aromatic nitrogens is 2. The minimum absolute atomic E-state index is 0.360. The Labute approximate surface area is 170 Å². The van der Waals surface area contributed by atoms with Gasteiger partial charge in [0.1, 0.15) is 11.0 Å². The van der Waals surface area contributed by atoms with E-state index in [4.69, 9.17) is 23.2 Å². The fourth-order valence-electron chi connectivity index (χ4n) is 2.02. The molecule has 1 aromatic carbocycles. The van der Waals surface area contributed by atoms with Gasteiger partial charge in [0.15, 0.2) is 0 Å². The molecule has 0 saturated carbocycles. The average molecular weight is 599 g/mol. The molecule has 118 valence electrons. The van der Waals surface area contributed by atoms with Gasteiger partial charge >= 0.3 is 5.69 Å². The van der Waals surface area contributed by atoms with Crippen LogP contribution in [0.25, 0.3) is 11.0 Å². The average Bonchev–Trinajstić information content (AvgIpc) is 2.82. The van der Waals surface area contributed by atoms with E-state index in [1.54, 1.807) is 0 Å². The Morgan fingerprint density at radius 1 is 0.818 bits per heavy atom. The van der Waals surface area contributed by atoms with E-state index in [1.807, 2.05) is 0 Å². The van der Waals surface area contributed by atoms with Crippen LogP contribution in [0.1, 0.15) is 11.0 Å². The molecule has 0 aliphatic heterocycles. The first-order chi connectivity index (χ1) is 10.3. The van der Waals surface area contributed by atoms with Gasteiger partial charge in [0.2, 0.25) is 0 Å². The van der Waals surface area contributed by atoms with Crippen molar-refractivity contribution in [2.45, 2.75) is 11.0 Å². The van der Waals surface area contributed by atoms with E-state index in [2.05, 4.69) is 76.9 Å². The third-order valence-corrected chi connectivity index (χ3v) is 8.47. The molecule has 1 heterocycles. The lowest BCUT2D eigenvalue weighted by molar-refractivity contribution is 0.691.